The number of nitrogens with zero attached hydrogens (tertiary/aromatic N) is 2. The Kier molecular flexibility index (Phi) is 8.44. The number of benzene rings is 3. The van der Waals surface area contributed by atoms with Gasteiger partial charge in [0, 0.05) is 12.1 Å². The number of carbonyl (C=O) groups excluding carboxylic acids is 2. The smallest absolute Gasteiger partial charge is 0.338 e. The van der Waals surface area contributed by atoms with Crippen LogP contribution in [0.15, 0.2) is 70.6 Å². The highest BCUT2D eigenvalue weighted by Gasteiger charge is 2.32. The van der Waals surface area contributed by atoms with Gasteiger partial charge < -0.3 is 9.47 Å². The Morgan fingerprint density at radius 1 is 1.06 bits per heavy atom. The quantitative estimate of drug-likeness (QED) is 0.182. The molecule has 1 amide bonds. The molecule has 7 heteroatoms. The number of esters is 1. The van der Waals surface area contributed by atoms with E-state index in [1.165, 1.54) is 11.8 Å². The number of unbranched alkanes of at least 4 members (excludes halogenated alkanes) is 1. The van der Waals surface area contributed by atoms with Gasteiger partial charge in [-0.15, -0.1) is 0 Å². The minimum Gasteiger partial charge on any atom is -0.493 e. The van der Waals surface area contributed by atoms with Crippen molar-refractivity contribution in [3.05, 3.63) is 76.7 Å². The Bertz CT molecular complexity index is 1330. The number of likely N-dealkylation sites (N-methyl/N-ethyl adjacent to an activating group) is 1. The predicted molar refractivity (Wildman–Crippen MR) is 147 cm³/mol. The van der Waals surface area contributed by atoms with E-state index in [1.54, 1.807) is 36.1 Å². The molecule has 0 saturated carbocycles. The minimum absolute atomic E-state index is 0.102. The number of rotatable bonds is 9. The molecular formula is C29H30N2O4S. The van der Waals surface area contributed by atoms with Crippen molar-refractivity contribution >= 4 is 51.3 Å². The highest BCUT2D eigenvalue weighted by atomic mass is 32.2. The lowest BCUT2D eigenvalue weighted by molar-refractivity contribution is -0.122. The van der Waals surface area contributed by atoms with E-state index in [1.807, 2.05) is 43.3 Å². The zero-order valence-corrected chi connectivity index (χ0v) is 21.6. The van der Waals surface area contributed by atoms with Crippen molar-refractivity contribution in [1.29, 1.82) is 0 Å². The fourth-order valence-corrected chi connectivity index (χ4v) is 4.95. The molecule has 0 aromatic heterocycles. The first kappa shape index (κ1) is 25.5. The van der Waals surface area contributed by atoms with Crippen molar-refractivity contribution in [2.75, 3.05) is 19.8 Å². The zero-order valence-electron chi connectivity index (χ0n) is 20.8. The predicted octanol–water partition coefficient (Wildman–Crippen LogP) is 6.82. The van der Waals surface area contributed by atoms with E-state index in [0.717, 1.165) is 34.9 Å². The van der Waals surface area contributed by atoms with Crippen LogP contribution in [0.25, 0.3) is 16.8 Å². The molecule has 1 heterocycles. The summed E-state index contributed by atoms with van der Waals surface area (Å²) >= 11 is 1.33. The number of aliphatic imine (C=N–C) groups is 1. The van der Waals surface area contributed by atoms with Crippen LogP contribution in [0.1, 0.15) is 49.5 Å². The van der Waals surface area contributed by atoms with Crippen LogP contribution in [-0.4, -0.2) is 41.7 Å². The summed E-state index contributed by atoms with van der Waals surface area (Å²) in [4.78, 5) is 32.4. The molecule has 3 aromatic carbocycles. The minimum atomic E-state index is -0.394. The van der Waals surface area contributed by atoms with Gasteiger partial charge in [0.05, 0.1) is 29.4 Å². The molecule has 1 aliphatic heterocycles. The summed E-state index contributed by atoms with van der Waals surface area (Å²) in [6.45, 7) is 7.22. The average Bonchev–Trinajstić information content (AvgIpc) is 3.18. The van der Waals surface area contributed by atoms with Crippen LogP contribution in [0.4, 0.5) is 5.69 Å². The lowest BCUT2D eigenvalue weighted by atomic mass is 10.0. The molecule has 0 atom stereocenters. The van der Waals surface area contributed by atoms with E-state index < -0.39 is 5.97 Å². The first-order valence-electron chi connectivity index (χ1n) is 12.3. The monoisotopic (exact) mass is 502 g/mol. The largest absolute Gasteiger partial charge is 0.493 e. The third-order valence-electron chi connectivity index (χ3n) is 5.75. The van der Waals surface area contributed by atoms with E-state index in [9.17, 15) is 9.59 Å². The van der Waals surface area contributed by atoms with Crippen molar-refractivity contribution < 1.29 is 19.1 Å². The average molecular weight is 503 g/mol. The van der Waals surface area contributed by atoms with Crippen LogP contribution in [0.3, 0.4) is 0 Å². The molecule has 0 radical (unpaired) electrons. The Morgan fingerprint density at radius 2 is 1.89 bits per heavy atom. The lowest BCUT2D eigenvalue weighted by Crippen LogP contribution is -2.28. The van der Waals surface area contributed by atoms with Crippen LogP contribution in [-0.2, 0) is 9.53 Å². The van der Waals surface area contributed by atoms with E-state index in [0.29, 0.717) is 41.1 Å². The Labute approximate surface area is 216 Å². The second-order valence-electron chi connectivity index (χ2n) is 8.23. The summed E-state index contributed by atoms with van der Waals surface area (Å²) in [5.74, 6) is 0.267. The van der Waals surface area contributed by atoms with Crippen LogP contribution in [0, 0.1) is 0 Å². The van der Waals surface area contributed by atoms with Gasteiger partial charge >= 0.3 is 5.97 Å². The first-order chi connectivity index (χ1) is 17.5. The molecule has 0 spiro atoms. The molecule has 3 aromatic rings. The van der Waals surface area contributed by atoms with Crippen molar-refractivity contribution in [2.45, 2.75) is 33.6 Å². The number of hydrogen-bond donors (Lipinski definition) is 0. The number of fused-ring (bicyclic) bond motifs is 1. The number of ether oxygens (including phenoxy) is 2. The van der Waals surface area contributed by atoms with Crippen molar-refractivity contribution in [1.82, 2.24) is 4.90 Å². The van der Waals surface area contributed by atoms with Crippen molar-refractivity contribution in [3.8, 4) is 5.75 Å². The molecule has 0 unspecified atom stereocenters. The third-order valence-corrected chi connectivity index (χ3v) is 6.75. The van der Waals surface area contributed by atoms with Gasteiger partial charge in [-0.2, -0.15) is 0 Å². The molecule has 186 valence electrons. The SMILES string of the molecule is CCCCOc1ccc2ccccc2c1C=C1SC(=Nc2cccc(C(=O)OCC)c2)N(CC)C1=O. The molecule has 4 rings (SSSR count). The molecular weight excluding hydrogens is 472 g/mol. The topological polar surface area (TPSA) is 68.2 Å². The summed E-state index contributed by atoms with van der Waals surface area (Å²) in [5, 5.41) is 2.69. The van der Waals surface area contributed by atoms with Crippen LogP contribution >= 0.6 is 11.8 Å². The number of amidine groups is 1. The summed E-state index contributed by atoms with van der Waals surface area (Å²) in [6, 6.07) is 19.0. The van der Waals surface area contributed by atoms with Gasteiger partial charge in [-0.1, -0.05) is 49.7 Å². The summed E-state index contributed by atoms with van der Waals surface area (Å²) in [6.07, 6.45) is 3.92. The molecule has 36 heavy (non-hydrogen) atoms. The molecule has 1 aliphatic rings. The van der Waals surface area contributed by atoms with Gasteiger partial charge in [-0.25, -0.2) is 9.79 Å². The Hall–Kier alpha value is -3.58. The van der Waals surface area contributed by atoms with Gasteiger partial charge in [0.25, 0.3) is 5.91 Å². The molecule has 0 bridgehead atoms. The van der Waals surface area contributed by atoms with E-state index in [2.05, 4.69) is 13.0 Å². The fraction of sp³-hybridized carbons (Fsp3) is 0.276. The molecule has 1 fully saturated rings. The summed E-state index contributed by atoms with van der Waals surface area (Å²) in [7, 11) is 0. The lowest BCUT2D eigenvalue weighted by Gasteiger charge is -2.13. The number of amides is 1. The van der Waals surface area contributed by atoms with Crippen LogP contribution in [0.5, 0.6) is 5.75 Å². The number of thioether (sulfide) groups is 1. The zero-order chi connectivity index (χ0) is 25.5. The molecule has 6 nitrogen and oxygen atoms in total. The highest BCUT2D eigenvalue weighted by molar-refractivity contribution is 8.18. The molecule has 1 saturated heterocycles. The normalized spacial score (nSPS) is 15.8. The number of hydrogen-bond acceptors (Lipinski definition) is 6. The second-order valence-corrected chi connectivity index (χ2v) is 9.23. The van der Waals surface area contributed by atoms with Crippen LogP contribution < -0.4 is 4.74 Å². The van der Waals surface area contributed by atoms with E-state index in [4.69, 9.17) is 14.5 Å². The van der Waals surface area contributed by atoms with Crippen molar-refractivity contribution in [3.63, 3.8) is 0 Å². The first-order valence-corrected chi connectivity index (χ1v) is 13.1. The molecule has 0 aliphatic carbocycles. The van der Waals surface area contributed by atoms with E-state index in [-0.39, 0.29) is 5.91 Å². The maximum atomic E-state index is 13.4. The summed E-state index contributed by atoms with van der Waals surface area (Å²) in [5.41, 5.74) is 1.91. The highest BCUT2D eigenvalue weighted by Crippen LogP contribution is 2.38. The summed E-state index contributed by atoms with van der Waals surface area (Å²) < 4.78 is 11.2. The maximum absolute atomic E-state index is 13.4. The van der Waals surface area contributed by atoms with Gasteiger partial charge in [-0.3, -0.25) is 9.69 Å². The Morgan fingerprint density at radius 3 is 2.67 bits per heavy atom. The molecule has 0 N–H and O–H groups in total. The Balaban J connectivity index is 1.71. The van der Waals surface area contributed by atoms with Gasteiger partial charge in [0.15, 0.2) is 5.17 Å². The van der Waals surface area contributed by atoms with Crippen molar-refractivity contribution in [2.24, 2.45) is 4.99 Å². The third kappa shape index (κ3) is 5.62. The maximum Gasteiger partial charge on any atom is 0.338 e. The number of carbonyl (C=O) groups is 2. The van der Waals surface area contributed by atoms with Crippen LogP contribution in [0.2, 0.25) is 0 Å². The van der Waals surface area contributed by atoms with Gasteiger partial charge in [-0.05, 0) is 73.1 Å². The fourth-order valence-electron chi connectivity index (χ4n) is 3.91. The van der Waals surface area contributed by atoms with Gasteiger partial charge in [0.2, 0.25) is 0 Å². The van der Waals surface area contributed by atoms with E-state index >= 15 is 0 Å². The standard InChI is InChI=1S/C29H30N2O4S/c1-4-7-17-35-25-16-15-20-11-8-9-14-23(20)24(25)19-26-27(32)31(5-2)29(36-26)30-22-13-10-12-21(18-22)28(33)34-6-3/h8-16,18-19H,4-7,17H2,1-3H3. The second kappa shape index (κ2) is 11.9. The van der Waals surface area contributed by atoms with Gasteiger partial charge in [0.1, 0.15) is 5.75 Å².